The first-order chi connectivity index (χ1) is 17.9. The Morgan fingerprint density at radius 2 is 1.89 bits per heavy atom. The molecule has 0 radical (unpaired) electrons. The first kappa shape index (κ1) is 24.5. The van der Waals surface area contributed by atoms with Crippen LogP contribution in [0.1, 0.15) is 54.9 Å². The Hall–Kier alpha value is -4.20. The zero-order valence-electron chi connectivity index (χ0n) is 20.9. The Morgan fingerprint density at radius 1 is 1.05 bits per heavy atom. The van der Waals surface area contributed by atoms with Crippen LogP contribution in [-0.2, 0) is 0 Å². The molecule has 0 saturated carbocycles. The molecule has 4 aromatic rings. The third-order valence-corrected chi connectivity index (χ3v) is 6.26. The van der Waals surface area contributed by atoms with Crippen LogP contribution in [0.3, 0.4) is 0 Å². The number of anilines is 1. The van der Waals surface area contributed by atoms with Crippen molar-refractivity contribution in [1.29, 1.82) is 0 Å². The summed E-state index contributed by atoms with van der Waals surface area (Å²) in [5.41, 5.74) is 0.414. The fourth-order valence-corrected chi connectivity index (χ4v) is 4.48. The Balaban J connectivity index is 1.68. The van der Waals surface area contributed by atoms with E-state index in [-0.39, 0.29) is 22.3 Å². The highest BCUT2D eigenvalue weighted by Crippen LogP contribution is 2.42. The molecule has 2 aromatic heterocycles. The molecule has 0 saturated heterocycles. The van der Waals surface area contributed by atoms with Crippen LogP contribution in [0, 0.1) is 11.7 Å². The van der Waals surface area contributed by atoms with Crippen LogP contribution in [0.25, 0.3) is 11.0 Å². The predicted molar refractivity (Wildman–Crippen MR) is 138 cm³/mol. The monoisotopic (exact) mass is 502 g/mol. The van der Waals surface area contributed by atoms with Crippen molar-refractivity contribution in [2.75, 3.05) is 18.1 Å². The van der Waals surface area contributed by atoms with E-state index in [0.717, 1.165) is 12.5 Å². The summed E-state index contributed by atoms with van der Waals surface area (Å²) in [4.78, 5) is 33.1. The maximum Gasteiger partial charge on any atom is 0.296 e. The molecule has 7 nitrogen and oxygen atoms in total. The van der Waals surface area contributed by atoms with Crippen LogP contribution in [0.4, 0.5) is 10.2 Å². The van der Waals surface area contributed by atoms with Gasteiger partial charge in [-0.3, -0.25) is 14.5 Å². The smallest absolute Gasteiger partial charge is 0.296 e. The largest absolute Gasteiger partial charge is 0.490 e. The highest BCUT2D eigenvalue weighted by molar-refractivity contribution is 6.10. The van der Waals surface area contributed by atoms with Crippen molar-refractivity contribution in [3.8, 4) is 11.5 Å². The average molecular weight is 503 g/mol. The summed E-state index contributed by atoms with van der Waals surface area (Å²) in [6, 6.07) is 13.4. The Kier molecular flexibility index (Phi) is 6.65. The number of hydrogen-bond acceptors (Lipinski definition) is 6. The summed E-state index contributed by atoms with van der Waals surface area (Å²) in [6.45, 7) is 7.05. The summed E-state index contributed by atoms with van der Waals surface area (Å²) in [6.07, 6.45) is 2.46. The topological polar surface area (TPSA) is 81.9 Å². The number of pyridine rings is 1. The summed E-state index contributed by atoms with van der Waals surface area (Å²) in [5.74, 6) is 0.765. The molecule has 3 heterocycles. The highest BCUT2D eigenvalue weighted by Gasteiger charge is 2.44. The van der Waals surface area contributed by atoms with Gasteiger partial charge in [-0.15, -0.1) is 0 Å². The fourth-order valence-electron chi connectivity index (χ4n) is 4.48. The predicted octanol–water partition coefficient (Wildman–Crippen LogP) is 5.90. The lowest BCUT2D eigenvalue weighted by Crippen LogP contribution is -2.30. The summed E-state index contributed by atoms with van der Waals surface area (Å²) in [5, 5.41) is 0.0677. The van der Waals surface area contributed by atoms with Crippen LogP contribution in [0.5, 0.6) is 11.5 Å². The molecule has 5 rings (SSSR count). The maximum atomic E-state index is 14.0. The van der Waals surface area contributed by atoms with Gasteiger partial charge >= 0.3 is 0 Å². The van der Waals surface area contributed by atoms with Gasteiger partial charge in [-0.05, 0) is 67.3 Å². The van der Waals surface area contributed by atoms with Gasteiger partial charge in [0, 0.05) is 6.20 Å². The number of halogens is 1. The lowest BCUT2D eigenvalue weighted by Gasteiger charge is -2.25. The van der Waals surface area contributed by atoms with Crippen LogP contribution in [-0.4, -0.2) is 24.1 Å². The van der Waals surface area contributed by atoms with Gasteiger partial charge in [-0.25, -0.2) is 9.37 Å². The van der Waals surface area contributed by atoms with Crippen LogP contribution in [0.15, 0.2) is 70.0 Å². The Bertz CT molecular complexity index is 1520. The molecule has 0 aliphatic carbocycles. The molecule has 37 heavy (non-hydrogen) atoms. The minimum absolute atomic E-state index is 0.0677. The van der Waals surface area contributed by atoms with E-state index in [1.165, 1.54) is 17.0 Å². The van der Waals surface area contributed by atoms with E-state index < -0.39 is 23.2 Å². The maximum absolute atomic E-state index is 14.0. The number of carbonyl (C=O) groups is 1. The molecule has 0 spiro atoms. The van der Waals surface area contributed by atoms with E-state index in [1.54, 1.807) is 42.6 Å². The van der Waals surface area contributed by atoms with Gasteiger partial charge in [0.1, 0.15) is 17.2 Å². The molecule has 190 valence electrons. The van der Waals surface area contributed by atoms with Gasteiger partial charge in [0.15, 0.2) is 16.9 Å². The van der Waals surface area contributed by atoms with Crippen molar-refractivity contribution in [2.24, 2.45) is 5.92 Å². The number of amides is 1. The highest BCUT2D eigenvalue weighted by atomic mass is 19.1. The first-order valence-corrected chi connectivity index (χ1v) is 12.3. The van der Waals surface area contributed by atoms with Gasteiger partial charge in [-0.1, -0.05) is 26.0 Å². The minimum atomic E-state index is -0.856. The minimum Gasteiger partial charge on any atom is -0.490 e. The summed E-state index contributed by atoms with van der Waals surface area (Å²) >= 11 is 0. The van der Waals surface area contributed by atoms with E-state index in [1.807, 2.05) is 6.92 Å². The second-order valence-electron chi connectivity index (χ2n) is 9.25. The third kappa shape index (κ3) is 4.55. The molecule has 1 atom stereocenters. The first-order valence-electron chi connectivity index (χ1n) is 12.3. The number of carbonyl (C=O) groups excluding carboxylic acids is 1. The van der Waals surface area contributed by atoms with Crippen LogP contribution >= 0.6 is 0 Å². The standard InChI is InChI=1S/C29H27FN2O5/c1-4-35-23-15-18(8-10-22(23)36-14-12-17(2)3)26-25-27(33)20-16-19(30)9-11-21(20)37-28(25)29(34)32(26)24-7-5-6-13-31-24/h5-11,13,15-17,26H,4,12,14H2,1-3H3. The third-order valence-electron chi connectivity index (χ3n) is 6.26. The molecule has 0 N–H and O–H groups in total. The molecule has 0 bridgehead atoms. The van der Waals surface area contributed by atoms with Gasteiger partial charge in [0.2, 0.25) is 5.76 Å². The lowest BCUT2D eigenvalue weighted by atomic mass is 9.98. The Morgan fingerprint density at radius 3 is 2.62 bits per heavy atom. The zero-order valence-corrected chi connectivity index (χ0v) is 20.9. The number of aromatic nitrogens is 1. The zero-order chi connectivity index (χ0) is 26.1. The van der Waals surface area contributed by atoms with Gasteiger partial charge in [0.25, 0.3) is 5.91 Å². The van der Waals surface area contributed by atoms with Crippen molar-refractivity contribution in [3.05, 3.63) is 93.7 Å². The average Bonchev–Trinajstić information content (AvgIpc) is 3.18. The summed E-state index contributed by atoms with van der Waals surface area (Å²) < 4.78 is 31.8. The molecule has 1 amide bonds. The molecule has 8 heteroatoms. The Labute approximate surface area is 213 Å². The van der Waals surface area contributed by atoms with E-state index in [4.69, 9.17) is 13.9 Å². The van der Waals surface area contributed by atoms with E-state index in [0.29, 0.717) is 42.0 Å². The van der Waals surface area contributed by atoms with Gasteiger partial charge in [-0.2, -0.15) is 0 Å². The van der Waals surface area contributed by atoms with E-state index in [9.17, 15) is 14.0 Å². The van der Waals surface area contributed by atoms with Crippen molar-refractivity contribution >= 4 is 22.7 Å². The van der Waals surface area contributed by atoms with Crippen molar-refractivity contribution in [2.45, 2.75) is 33.2 Å². The van der Waals surface area contributed by atoms with Crippen LogP contribution < -0.4 is 19.8 Å². The molecule has 1 aliphatic heterocycles. The number of nitrogens with zero attached hydrogens (tertiary/aromatic N) is 2. The quantitative estimate of drug-likeness (QED) is 0.298. The van der Waals surface area contributed by atoms with Crippen molar-refractivity contribution < 1.29 is 23.1 Å². The fraction of sp³-hybridized carbons (Fsp3) is 0.276. The lowest BCUT2D eigenvalue weighted by molar-refractivity contribution is 0.0970. The molecular weight excluding hydrogens is 475 g/mol. The SMILES string of the molecule is CCOc1cc(C2c3c(oc4ccc(F)cc4c3=O)C(=O)N2c2ccccn2)ccc1OCCC(C)C. The van der Waals surface area contributed by atoms with Gasteiger partial charge in [0.05, 0.1) is 30.2 Å². The molecule has 1 unspecified atom stereocenters. The van der Waals surface area contributed by atoms with E-state index in [2.05, 4.69) is 18.8 Å². The number of fused-ring (bicyclic) bond motifs is 2. The summed E-state index contributed by atoms with van der Waals surface area (Å²) in [7, 11) is 0. The number of benzene rings is 2. The van der Waals surface area contributed by atoms with Crippen LogP contribution in [0.2, 0.25) is 0 Å². The van der Waals surface area contributed by atoms with E-state index >= 15 is 0 Å². The molecule has 2 aromatic carbocycles. The van der Waals surface area contributed by atoms with Crippen molar-refractivity contribution in [3.63, 3.8) is 0 Å². The van der Waals surface area contributed by atoms with Crippen molar-refractivity contribution in [1.82, 2.24) is 4.98 Å². The normalized spacial score (nSPS) is 14.9. The second-order valence-corrected chi connectivity index (χ2v) is 9.25. The molecule has 0 fully saturated rings. The second kappa shape index (κ2) is 10.0. The number of ether oxygens (including phenoxy) is 2. The van der Waals surface area contributed by atoms with Gasteiger partial charge < -0.3 is 13.9 Å². The molecular formula is C29H27FN2O5. The molecule has 1 aliphatic rings. The number of hydrogen-bond donors (Lipinski definition) is 0. The number of rotatable bonds is 8.